The van der Waals surface area contributed by atoms with Gasteiger partial charge in [-0.1, -0.05) is 18.2 Å². The molecule has 3 nitrogen and oxygen atoms in total. The third-order valence-corrected chi connectivity index (χ3v) is 3.69. The normalized spacial score (nSPS) is 10.8. The number of rotatable bonds is 2. The van der Waals surface area contributed by atoms with Crippen LogP contribution in [0.1, 0.15) is 11.3 Å². The van der Waals surface area contributed by atoms with Crippen LogP contribution in [0.4, 0.5) is 11.5 Å². The Kier molecular flexibility index (Phi) is 3.40. The topological polar surface area (TPSA) is 37.8 Å². The summed E-state index contributed by atoms with van der Waals surface area (Å²) in [5.74, 6) is 0.798. The zero-order chi connectivity index (χ0) is 14.1. The molecule has 3 rings (SSSR count). The Morgan fingerprint density at radius 3 is 2.75 bits per heavy atom. The minimum absolute atomic E-state index is 0.798. The molecule has 0 saturated heterocycles. The molecule has 0 spiro atoms. The van der Waals surface area contributed by atoms with Gasteiger partial charge in [-0.25, -0.2) is 4.98 Å². The zero-order valence-corrected chi connectivity index (χ0v) is 12.9. The lowest BCUT2D eigenvalue weighted by Crippen LogP contribution is -1.97. The second kappa shape index (κ2) is 5.21. The molecule has 0 aliphatic rings. The number of para-hydroxylation sites is 1. The number of aryl methyl sites for hydroxylation is 2. The minimum atomic E-state index is 0.798. The summed E-state index contributed by atoms with van der Waals surface area (Å²) < 4.78 is 0.946. The first-order valence-electron chi connectivity index (χ1n) is 6.39. The highest BCUT2D eigenvalue weighted by molar-refractivity contribution is 9.10. The second-order valence-electron chi connectivity index (χ2n) is 4.80. The van der Waals surface area contributed by atoms with Crippen molar-refractivity contribution in [2.24, 2.45) is 0 Å². The van der Waals surface area contributed by atoms with Crippen LogP contribution >= 0.6 is 15.9 Å². The summed E-state index contributed by atoms with van der Waals surface area (Å²) in [5.41, 5.74) is 4.04. The monoisotopic (exact) mass is 327 g/mol. The smallest absolute Gasteiger partial charge is 0.144 e. The SMILES string of the molecule is Cc1cnc(Nc2cccc3ccc(C)nc23)c(Br)c1. The first-order chi connectivity index (χ1) is 9.63. The number of hydrogen-bond donors (Lipinski definition) is 1. The fourth-order valence-corrected chi connectivity index (χ4v) is 2.66. The van der Waals surface area contributed by atoms with E-state index in [9.17, 15) is 0 Å². The molecule has 4 heteroatoms. The summed E-state index contributed by atoms with van der Waals surface area (Å²) in [6.07, 6.45) is 1.84. The number of aromatic nitrogens is 2. The molecule has 0 bridgehead atoms. The van der Waals surface area contributed by atoms with Crippen molar-refractivity contribution >= 4 is 38.3 Å². The van der Waals surface area contributed by atoms with Crippen LogP contribution in [0.2, 0.25) is 0 Å². The van der Waals surface area contributed by atoms with Gasteiger partial charge in [0.15, 0.2) is 0 Å². The average molecular weight is 328 g/mol. The van der Waals surface area contributed by atoms with Gasteiger partial charge in [0.25, 0.3) is 0 Å². The lowest BCUT2D eigenvalue weighted by atomic mass is 10.1. The fraction of sp³-hybridized carbons (Fsp3) is 0.125. The molecule has 1 aromatic carbocycles. The molecule has 0 atom stereocenters. The van der Waals surface area contributed by atoms with Crippen molar-refractivity contribution in [2.75, 3.05) is 5.32 Å². The highest BCUT2D eigenvalue weighted by atomic mass is 79.9. The Labute approximate surface area is 126 Å². The van der Waals surface area contributed by atoms with E-state index in [4.69, 9.17) is 0 Å². The summed E-state index contributed by atoms with van der Waals surface area (Å²) in [4.78, 5) is 9.03. The maximum Gasteiger partial charge on any atom is 0.144 e. The van der Waals surface area contributed by atoms with E-state index < -0.39 is 0 Å². The number of anilines is 2. The number of hydrogen-bond acceptors (Lipinski definition) is 3. The van der Waals surface area contributed by atoms with Gasteiger partial charge in [0.1, 0.15) is 5.82 Å². The Balaban J connectivity index is 2.08. The van der Waals surface area contributed by atoms with Gasteiger partial charge in [0.05, 0.1) is 15.7 Å². The molecule has 0 aliphatic carbocycles. The molecule has 0 saturated carbocycles. The van der Waals surface area contributed by atoms with Crippen LogP contribution in [0.25, 0.3) is 10.9 Å². The lowest BCUT2D eigenvalue weighted by molar-refractivity contribution is 1.23. The van der Waals surface area contributed by atoms with E-state index in [0.29, 0.717) is 0 Å². The molecular formula is C16H14BrN3. The van der Waals surface area contributed by atoms with Crippen LogP contribution in [0.15, 0.2) is 47.1 Å². The molecule has 2 heterocycles. The predicted octanol–water partition coefficient (Wildman–Crippen LogP) is 4.75. The molecule has 2 aromatic heterocycles. The third-order valence-electron chi connectivity index (χ3n) is 3.09. The molecule has 0 radical (unpaired) electrons. The summed E-state index contributed by atoms with van der Waals surface area (Å²) in [6, 6.07) is 12.2. The van der Waals surface area contributed by atoms with Crippen molar-refractivity contribution in [3.8, 4) is 0 Å². The Morgan fingerprint density at radius 1 is 1.10 bits per heavy atom. The minimum Gasteiger partial charge on any atom is -0.338 e. The lowest BCUT2D eigenvalue weighted by Gasteiger charge is -2.10. The van der Waals surface area contributed by atoms with Gasteiger partial charge in [0, 0.05) is 17.3 Å². The third kappa shape index (κ3) is 2.51. The molecular weight excluding hydrogens is 314 g/mol. The highest BCUT2D eigenvalue weighted by Gasteiger charge is 2.06. The van der Waals surface area contributed by atoms with Crippen molar-refractivity contribution in [2.45, 2.75) is 13.8 Å². The van der Waals surface area contributed by atoms with Gasteiger partial charge >= 0.3 is 0 Å². The van der Waals surface area contributed by atoms with Crippen LogP contribution in [-0.4, -0.2) is 9.97 Å². The predicted molar refractivity (Wildman–Crippen MR) is 86.4 cm³/mol. The van der Waals surface area contributed by atoms with Gasteiger partial charge < -0.3 is 5.32 Å². The number of nitrogens with zero attached hydrogens (tertiary/aromatic N) is 2. The van der Waals surface area contributed by atoms with Gasteiger partial charge in [-0.15, -0.1) is 0 Å². The van der Waals surface area contributed by atoms with E-state index in [2.05, 4.69) is 43.3 Å². The molecule has 20 heavy (non-hydrogen) atoms. The standard InChI is InChI=1S/C16H14BrN3/c1-10-8-13(17)16(18-9-10)20-14-5-3-4-12-7-6-11(2)19-15(12)14/h3-9H,1-2H3,(H,18,20). The molecule has 0 unspecified atom stereocenters. The van der Waals surface area contributed by atoms with Crippen LogP contribution < -0.4 is 5.32 Å². The fourth-order valence-electron chi connectivity index (χ4n) is 2.10. The van der Waals surface area contributed by atoms with E-state index in [0.717, 1.165) is 38.1 Å². The number of benzene rings is 1. The number of halogens is 1. The first-order valence-corrected chi connectivity index (χ1v) is 7.18. The highest BCUT2D eigenvalue weighted by Crippen LogP contribution is 2.28. The summed E-state index contributed by atoms with van der Waals surface area (Å²) in [6.45, 7) is 4.01. The van der Waals surface area contributed by atoms with Crippen molar-refractivity contribution < 1.29 is 0 Å². The van der Waals surface area contributed by atoms with Crippen LogP contribution in [0.5, 0.6) is 0 Å². The maximum absolute atomic E-state index is 4.61. The van der Waals surface area contributed by atoms with E-state index in [1.165, 1.54) is 0 Å². The number of nitrogens with one attached hydrogen (secondary N) is 1. The molecule has 0 amide bonds. The van der Waals surface area contributed by atoms with Gasteiger partial charge in [0.2, 0.25) is 0 Å². The van der Waals surface area contributed by atoms with E-state index >= 15 is 0 Å². The zero-order valence-electron chi connectivity index (χ0n) is 11.3. The van der Waals surface area contributed by atoms with Gasteiger partial charge in [-0.3, -0.25) is 4.98 Å². The molecule has 100 valence electrons. The van der Waals surface area contributed by atoms with Crippen LogP contribution in [-0.2, 0) is 0 Å². The van der Waals surface area contributed by atoms with E-state index in [-0.39, 0.29) is 0 Å². The quantitative estimate of drug-likeness (QED) is 0.737. The summed E-state index contributed by atoms with van der Waals surface area (Å²) in [7, 11) is 0. The van der Waals surface area contributed by atoms with Crippen molar-refractivity contribution in [1.82, 2.24) is 9.97 Å². The summed E-state index contributed by atoms with van der Waals surface area (Å²) >= 11 is 3.54. The number of pyridine rings is 2. The molecule has 0 aliphatic heterocycles. The molecule has 3 aromatic rings. The second-order valence-corrected chi connectivity index (χ2v) is 5.65. The van der Waals surface area contributed by atoms with Gasteiger partial charge in [-0.05, 0) is 53.5 Å². The van der Waals surface area contributed by atoms with Crippen molar-refractivity contribution in [1.29, 1.82) is 0 Å². The Bertz CT molecular complexity index is 784. The maximum atomic E-state index is 4.61. The average Bonchev–Trinajstić information content (AvgIpc) is 2.42. The van der Waals surface area contributed by atoms with E-state index in [1.807, 2.05) is 44.3 Å². The Morgan fingerprint density at radius 2 is 1.95 bits per heavy atom. The van der Waals surface area contributed by atoms with Gasteiger partial charge in [-0.2, -0.15) is 0 Å². The van der Waals surface area contributed by atoms with Crippen LogP contribution in [0, 0.1) is 13.8 Å². The Hall–Kier alpha value is -1.94. The van der Waals surface area contributed by atoms with Crippen molar-refractivity contribution in [3.63, 3.8) is 0 Å². The summed E-state index contributed by atoms with van der Waals surface area (Å²) in [5, 5.41) is 4.46. The van der Waals surface area contributed by atoms with Crippen LogP contribution in [0.3, 0.4) is 0 Å². The van der Waals surface area contributed by atoms with Crippen molar-refractivity contribution in [3.05, 3.63) is 58.3 Å². The number of fused-ring (bicyclic) bond motifs is 1. The largest absolute Gasteiger partial charge is 0.338 e. The molecule has 1 N–H and O–H groups in total. The first kappa shape index (κ1) is 13.1. The van der Waals surface area contributed by atoms with E-state index in [1.54, 1.807) is 0 Å². The molecule has 0 fully saturated rings.